The molecule has 0 N–H and O–H groups in total. The van der Waals surface area contributed by atoms with Crippen molar-refractivity contribution in [3.8, 4) is 16.9 Å². The monoisotopic (exact) mass is 371 g/mol. The Bertz CT molecular complexity index is 934. The number of carbonyl (C=O) groups excluding carboxylic acids is 1. The summed E-state index contributed by atoms with van der Waals surface area (Å²) in [6, 6.07) is 15.1. The van der Waals surface area contributed by atoms with Crippen LogP contribution in [0.25, 0.3) is 16.9 Å². The van der Waals surface area contributed by atoms with E-state index in [0.29, 0.717) is 40.8 Å². The van der Waals surface area contributed by atoms with Crippen molar-refractivity contribution in [1.82, 2.24) is 14.7 Å². The predicted octanol–water partition coefficient (Wildman–Crippen LogP) is 4.81. The first-order chi connectivity index (χ1) is 12.5. The van der Waals surface area contributed by atoms with Crippen molar-refractivity contribution >= 4 is 17.5 Å². The molecule has 0 bridgehead atoms. The van der Waals surface area contributed by atoms with Gasteiger partial charge >= 0.3 is 0 Å². The van der Waals surface area contributed by atoms with Gasteiger partial charge in [0.05, 0.1) is 11.4 Å². The molecular weight excluding hydrogens is 353 g/mol. The van der Waals surface area contributed by atoms with E-state index in [2.05, 4.69) is 5.10 Å². The fraction of sp³-hybridized carbons (Fsp3) is 0.200. The van der Waals surface area contributed by atoms with Crippen molar-refractivity contribution in [1.29, 1.82) is 0 Å². The Hall–Kier alpha value is -2.66. The number of carbonyl (C=O) groups is 1. The van der Waals surface area contributed by atoms with Gasteiger partial charge in [-0.05, 0) is 50.2 Å². The predicted molar refractivity (Wildman–Crippen MR) is 101 cm³/mol. The number of amides is 1. The molecule has 0 saturated heterocycles. The lowest BCUT2D eigenvalue weighted by molar-refractivity contribution is 0.0764. The van der Waals surface area contributed by atoms with Gasteiger partial charge in [0.25, 0.3) is 5.91 Å². The first kappa shape index (κ1) is 18.1. The molecule has 3 rings (SSSR count). The summed E-state index contributed by atoms with van der Waals surface area (Å²) in [5.41, 5.74) is 1.77. The highest BCUT2D eigenvalue weighted by atomic mass is 35.5. The third kappa shape index (κ3) is 3.48. The van der Waals surface area contributed by atoms with Gasteiger partial charge in [-0.2, -0.15) is 5.10 Å². The third-order valence-corrected chi connectivity index (χ3v) is 4.42. The Balaban J connectivity index is 2.18. The Morgan fingerprint density at radius 1 is 1.12 bits per heavy atom. The summed E-state index contributed by atoms with van der Waals surface area (Å²) in [7, 11) is 0. The first-order valence-electron chi connectivity index (χ1n) is 8.45. The molecule has 0 spiro atoms. The third-order valence-electron chi connectivity index (χ3n) is 4.18. The highest BCUT2D eigenvalue weighted by Gasteiger charge is 2.22. The van der Waals surface area contributed by atoms with Crippen molar-refractivity contribution in [3.05, 3.63) is 71.1 Å². The van der Waals surface area contributed by atoms with Crippen molar-refractivity contribution in [2.75, 3.05) is 13.1 Å². The summed E-state index contributed by atoms with van der Waals surface area (Å²) in [6.07, 6.45) is 0. The standard InChI is InChI=1S/C20H19ClFN3O/c1-3-24(4-2)20(26)19-13-18(16-10-5-6-11-17(16)22)23-25(19)15-9-7-8-14(21)12-15/h5-13H,3-4H2,1-2H3. The van der Waals surface area contributed by atoms with Gasteiger partial charge in [-0.1, -0.05) is 29.8 Å². The molecule has 134 valence electrons. The number of aromatic nitrogens is 2. The van der Waals surface area contributed by atoms with E-state index in [-0.39, 0.29) is 11.7 Å². The lowest BCUT2D eigenvalue weighted by atomic mass is 10.1. The lowest BCUT2D eigenvalue weighted by Gasteiger charge is -2.19. The van der Waals surface area contributed by atoms with E-state index >= 15 is 0 Å². The zero-order valence-corrected chi connectivity index (χ0v) is 15.4. The van der Waals surface area contributed by atoms with Crippen LogP contribution in [0.15, 0.2) is 54.6 Å². The molecule has 26 heavy (non-hydrogen) atoms. The van der Waals surface area contributed by atoms with Gasteiger partial charge in [-0.3, -0.25) is 4.79 Å². The number of rotatable bonds is 5. The average Bonchev–Trinajstić information content (AvgIpc) is 3.08. The van der Waals surface area contributed by atoms with Crippen LogP contribution in [0.3, 0.4) is 0 Å². The van der Waals surface area contributed by atoms with Crippen LogP contribution in [0.5, 0.6) is 0 Å². The largest absolute Gasteiger partial charge is 0.338 e. The smallest absolute Gasteiger partial charge is 0.272 e. The molecule has 4 nitrogen and oxygen atoms in total. The molecule has 0 saturated carbocycles. The molecule has 0 atom stereocenters. The highest BCUT2D eigenvalue weighted by molar-refractivity contribution is 6.30. The lowest BCUT2D eigenvalue weighted by Crippen LogP contribution is -2.32. The zero-order valence-electron chi connectivity index (χ0n) is 14.6. The first-order valence-corrected chi connectivity index (χ1v) is 8.83. The van der Waals surface area contributed by atoms with Crippen molar-refractivity contribution < 1.29 is 9.18 Å². The molecule has 0 fully saturated rings. The molecular formula is C20H19ClFN3O. The van der Waals surface area contributed by atoms with Crippen LogP contribution in [-0.2, 0) is 0 Å². The van der Waals surface area contributed by atoms with Gasteiger partial charge in [0.2, 0.25) is 0 Å². The molecule has 0 aliphatic heterocycles. The van der Waals surface area contributed by atoms with Gasteiger partial charge in [-0.15, -0.1) is 0 Å². The highest BCUT2D eigenvalue weighted by Crippen LogP contribution is 2.25. The van der Waals surface area contributed by atoms with Gasteiger partial charge in [0.1, 0.15) is 11.5 Å². The van der Waals surface area contributed by atoms with Crippen LogP contribution in [0.2, 0.25) is 5.02 Å². The molecule has 0 radical (unpaired) electrons. The summed E-state index contributed by atoms with van der Waals surface area (Å²) in [6.45, 7) is 4.98. The number of halogens is 2. The SMILES string of the molecule is CCN(CC)C(=O)c1cc(-c2ccccc2F)nn1-c1cccc(Cl)c1. The minimum absolute atomic E-state index is 0.162. The van der Waals surface area contributed by atoms with E-state index < -0.39 is 0 Å². The Morgan fingerprint density at radius 2 is 1.85 bits per heavy atom. The Labute approximate surface area is 156 Å². The van der Waals surface area contributed by atoms with Crippen LogP contribution in [0.4, 0.5) is 4.39 Å². The second-order valence-corrected chi connectivity index (χ2v) is 6.20. The van der Waals surface area contributed by atoms with E-state index in [1.54, 1.807) is 47.4 Å². The van der Waals surface area contributed by atoms with Crippen LogP contribution < -0.4 is 0 Å². The summed E-state index contributed by atoms with van der Waals surface area (Å²) < 4.78 is 15.7. The second kappa shape index (κ2) is 7.70. The van der Waals surface area contributed by atoms with E-state index in [1.165, 1.54) is 10.7 Å². The maximum Gasteiger partial charge on any atom is 0.272 e. The zero-order chi connectivity index (χ0) is 18.7. The number of benzene rings is 2. The maximum atomic E-state index is 14.2. The quantitative estimate of drug-likeness (QED) is 0.645. The summed E-state index contributed by atoms with van der Waals surface area (Å²) >= 11 is 6.10. The molecule has 2 aromatic carbocycles. The van der Waals surface area contributed by atoms with Crippen molar-refractivity contribution in [2.45, 2.75) is 13.8 Å². The van der Waals surface area contributed by atoms with E-state index in [0.717, 1.165) is 0 Å². The van der Waals surface area contributed by atoms with E-state index in [4.69, 9.17) is 11.6 Å². The summed E-state index contributed by atoms with van der Waals surface area (Å²) in [5, 5.41) is 5.03. The van der Waals surface area contributed by atoms with Gasteiger partial charge in [0.15, 0.2) is 0 Å². The molecule has 1 heterocycles. The second-order valence-electron chi connectivity index (χ2n) is 5.76. The number of hydrogen-bond donors (Lipinski definition) is 0. The van der Waals surface area contributed by atoms with E-state index in [1.807, 2.05) is 19.9 Å². The normalized spacial score (nSPS) is 10.8. The van der Waals surface area contributed by atoms with Crippen molar-refractivity contribution in [2.24, 2.45) is 0 Å². The van der Waals surface area contributed by atoms with Gasteiger partial charge in [0, 0.05) is 23.7 Å². The fourth-order valence-electron chi connectivity index (χ4n) is 2.81. The minimum atomic E-state index is -0.384. The van der Waals surface area contributed by atoms with Gasteiger partial charge < -0.3 is 4.90 Å². The summed E-state index contributed by atoms with van der Waals surface area (Å²) in [5.74, 6) is -0.546. The molecule has 0 aliphatic carbocycles. The Kier molecular flexibility index (Phi) is 5.38. The Morgan fingerprint density at radius 3 is 2.50 bits per heavy atom. The number of nitrogens with zero attached hydrogens (tertiary/aromatic N) is 3. The van der Waals surface area contributed by atoms with Crippen LogP contribution >= 0.6 is 11.6 Å². The minimum Gasteiger partial charge on any atom is -0.338 e. The van der Waals surface area contributed by atoms with Crippen LogP contribution in [-0.4, -0.2) is 33.7 Å². The maximum absolute atomic E-state index is 14.2. The molecule has 6 heteroatoms. The molecule has 0 unspecified atom stereocenters. The van der Waals surface area contributed by atoms with Crippen molar-refractivity contribution in [3.63, 3.8) is 0 Å². The summed E-state index contributed by atoms with van der Waals surface area (Å²) in [4.78, 5) is 14.7. The van der Waals surface area contributed by atoms with Gasteiger partial charge in [-0.25, -0.2) is 9.07 Å². The fourth-order valence-corrected chi connectivity index (χ4v) is 3.00. The molecule has 1 aromatic heterocycles. The molecule has 1 amide bonds. The average molecular weight is 372 g/mol. The van der Waals surface area contributed by atoms with E-state index in [9.17, 15) is 9.18 Å². The van der Waals surface area contributed by atoms with Crippen LogP contribution in [0.1, 0.15) is 24.3 Å². The topological polar surface area (TPSA) is 38.1 Å². The van der Waals surface area contributed by atoms with Crippen LogP contribution in [0, 0.1) is 5.82 Å². The number of hydrogen-bond acceptors (Lipinski definition) is 2. The molecule has 0 aliphatic rings. The molecule has 3 aromatic rings.